The third-order valence-corrected chi connectivity index (χ3v) is 4.88. The Bertz CT molecular complexity index is 1240. The van der Waals surface area contributed by atoms with Crippen molar-refractivity contribution in [2.45, 2.75) is 6.10 Å². The summed E-state index contributed by atoms with van der Waals surface area (Å²) in [5, 5.41) is 11.6. The molecule has 0 spiro atoms. The van der Waals surface area contributed by atoms with E-state index >= 15 is 0 Å². The van der Waals surface area contributed by atoms with Gasteiger partial charge in [0.15, 0.2) is 5.65 Å². The number of carbonyl (C=O) groups excluding carboxylic acids is 1. The summed E-state index contributed by atoms with van der Waals surface area (Å²) < 4.78 is 14.7. The van der Waals surface area contributed by atoms with E-state index in [1.165, 1.54) is 6.20 Å². The molecule has 1 aliphatic heterocycles. The average Bonchev–Trinajstić information content (AvgIpc) is 3.35. The largest absolute Gasteiger partial charge is 0.468 e. The number of hydrogen-bond donors (Lipinski definition) is 1. The first-order valence-electron chi connectivity index (χ1n) is 9.42. The fourth-order valence-corrected chi connectivity index (χ4v) is 3.24. The van der Waals surface area contributed by atoms with Gasteiger partial charge < -0.3 is 14.8 Å². The van der Waals surface area contributed by atoms with Crippen LogP contribution in [0.15, 0.2) is 43.1 Å². The van der Waals surface area contributed by atoms with Gasteiger partial charge in [0.05, 0.1) is 42.4 Å². The van der Waals surface area contributed by atoms with Gasteiger partial charge in [-0.15, -0.1) is 5.10 Å². The zero-order valence-corrected chi connectivity index (χ0v) is 16.4. The molecule has 0 unspecified atom stereocenters. The van der Waals surface area contributed by atoms with Crippen molar-refractivity contribution >= 4 is 11.6 Å². The van der Waals surface area contributed by atoms with E-state index < -0.39 is 0 Å². The quantitative estimate of drug-likeness (QED) is 0.534. The second kappa shape index (κ2) is 7.23. The lowest BCUT2D eigenvalue weighted by Gasteiger charge is -2.26. The van der Waals surface area contributed by atoms with Crippen LogP contribution < -0.4 is 10.1 Å². The first-order valence-corrected chi connectivity index (χ1v) is 9.42. The van der Waals surface area contributed by atoms with Crippen LogP contribution in [0, 0.1) is 0 Å². The monoisotopic (exact) mass is 405 g/mol. The standard InChI is InChI=1S/C20H19N7O3/c1-21-19(28)13-3-12(5-22-6-13)17-8-23-18-4-16(14-7-24-26(2)9-14)20(25-27(17)18)30-15-10-29-11-15/h3-9,15H,10-11H2,1-2H3,(H,21,28). The zero-order valence-electron chi connectivity index (χ0n) is 16.4. The van der Waals surface area contributed by atoms with Gasteiger partial charge in [-0.05, 0) is 12.1 Å². The molecular formula is C20H19N7O3. The molecule has 0 saturated carbocycles. The molecule has 0 aromatic carbocycles. The van der Waals surface area contributed by atoms with Crippen molar-refractivity contribution in [3.63, 3.8) is 0 Å². The number of imidazole rings is 1. The van der Waals surface area contributed by atoms with Gasteiger partial charge in [0.2, 0.25) is 5.88 Å². The van der Waals surface area contributed by atoms with Crippen molar-refractivity contribution in [2.24, 2.45) is 7.05 Å². The Hall–Kier alpha value is -3.79. The van der Waals surface area contributed by atoms with E-state index in [9.17, 15) is 4.79 Å². The molecular weight excluding hydrogens is 386 g/mol. The zero-order chi connectivity index (χ0) is 20.7. The van der Waals surface area contributed by atoms with Crippen LogP contribution in [-0.2, 0) is 11.8 Å². The second-order valence-corrected chi connectivity index (χ2v) is 7.00. The van der Waals surface area contributed by atoms with Crippen LogP contribution in [0.4, 0.5) is 0 Å². The summed E-state index contributed by atoms with van der Waals surface area (Å²) in [5.41, 5.74) is 4.22. The lowest BCUT2D eigenvalue weighted by molar-refractivity contribution is -0.0814. The minimum Gasteiger partial charge on any atom is -0.468 e. The Morgan fingerprint density at radius 3 is 2.77 bits per heavy atom. The van der Waals surface area contributed by atoms with Crippen molar-refractivity contribution in [1.29, 1.82) is 0 Å². The van der Waals surface area contributed by atoms with E-state index in [2.05, 4.69) is 20.4 Å². The van der Waals surface area contributed by atoms with Crippen LogP contribution in [0.2, 0.25) is 0 Å². The van der Waals surface area contributed by atoms with Crippen LogP contribution in [0.5, 0.6) is 5.88 Å². The molecule has 152 valence electrons. The number of nitrogens with one attached hydrogen (secondary N) is 1. The van der Waals surface area contributed by atoms with Crippen LogP contribution in [0.25, 0.3) is 28.0 Å². The Morgan fingerprint density at radius 1 is 1.20 bits per heavy atom. The maximum Gasteiger partial charge on any atom is 0.252 e. The van der Waals surface area contributed by atoms with Crippen molar-refractivity contribution in [3.05, 3.63) is 48.7 Å². The van der Waals surface area contributed by atoms with E-state index in [0.717, 1.165) is 16.7 Å². The summed E-state index contributed by atoms with van der Waals surface area (Å²) in [4.78, 5) is 20.7. The predicted octanol–water partition coefficient (Wildman–Crippen LogP) is 1.33. The summed E-state index contributed by atoms with van der Waals surface area (Å²) >= 11 is 0. The molecule has 1 amide bonds. The van der Waals surface area contributed by atoms with Gasteiger partial charge in [0.1, 0.15) is 6.10 Å². The number of amides is 1. The van der Waals surface area contributed by atoms with Crippen molar-refractivity contribution < 1.29 is 14.3 Å². The molecule has 1 saturated heterocycles. The van der Waals surface area contributed by atoms with Gasteiger partial charge in [0, 0.05) is 43.8 Å². The van der Waals surface area contributed by atoms with Gasteiger partial charge in [-0.2, -0.15) is 5.10 Å². The Kier molecular flexibility index (Phi) is 4.40. The minimum atomic E-state index is -0.209. The molecule has 5 heterocycles. The first kappa shape index (κ1) is 18.3. The number of aryl methyl sites for hydroxylation is 1. The number of fused-ring (bicyclic) bond motifs is 1. The second-order valence-electron chi connectivity index (χ2n) is 7.00. The van der Waals surface area contributed by atoms with E-state index in [4.69, 9.17) is 14.6 Å². The van der Waals surface area contributed by atoms with E-state index in [1.54, 1.807) is 40.9 Å². The van der Waals surface area contributed by atoms with E-state index in [0.29, 0.717) is 36.0 Å². The molecule has 1 N–H and O–H groups in total. The SMILES string of the molecule is CNC(=O)c1cncc(-c2cnc3cc(-c4cnn(C)c4)c(OC4COC4)nn23)c1. The molecule has 10 heteroatoms. The van der Waals surface area contributed by atoms with Gasteiger partial charge in [0.25, 0.3) is 5.91 Å². The van der Waals surface area contributed by atoms with Gasteiger partial charge >= 0.3 is 0 Å². The fraction of sp³-hybridized carbons (Fsp3) is 0.250. The molecule has 0 aliphatic carbocycles. The molecule has 0 radical (unpaired) electrons. The molecule has 0 atom stereocenters. The molecule has 0 bridgehead atoms. The summed E-state index contributed by atoms with van der Waals surface area (Å²) in [6, 6.07) is 3.67. The molecule has 4 aromatic rings. The molecule has 1 aliphatic rings. The summed E-state index contributed by atoms with van der Waals surface area (Å²) in [6.07, 6.45) is 8.51. The highest BCUT2D eigenvalue weighted by molar-refractivity contribution is 5.94. The summed E-state index contributed by atoms with van der Waals surface area (Å²) in [5.74, 6) is 0.262. The topological polar surface area (TPSA) is 108 Å². The highest BCUT2D eigenvalue weighted by atomic mass is 16.6. The minimum absolute atomic E-state index is 0.0458. The van der Waals surface area contributed by atoms with Crippen LogP contribution in [-0.4, -0.2) is 61.6 Å². The lowest BCUT2D eigenvalue weighted by atomic mass is 10.1. The van der Waals surface area contributed by atoms with Crippen LogP contribution in [0.1, 0.15) is 10.4 Å². The highest BCUT2D eigenvalue weighted by Crippen LogP contribution is 2.32. The Labute approximate surface area is 171 Å². The number of ether oxygens (including phenoxy) is 2. The summed E-state index contributed by atoms with van der Waals surface area (Å²) in [6.45, 7) is 1.06. The predicted molar refractivity (Wildman–Crippen MR) is 107 cm³/mol. The molecule has 10 nitrogen and oxygen atoms in total. The number of aromatic nitrogens is 6. The van der Waals surface area contributed by atoms with Crippen molar-refractivity contribution in [2.75, 3.05) is 20.3 Å². The molecule has 1 fully saturated rings. The molecule has 5 rings (SSSR count). The molecule has 30 heavy (non-hydrogen) atoms. The number of carbonyl (C=O) groups is 1. The maximum absolute atomic E-state index is 12.0. The average molecular weight is 405 g/mol. The highest BCUT2D eigenvalue weighted by Gasteiger charge is 2.24. The number of rotatable bonds is 5. The number of pyridine rings is 1. The Morgan fingerprint density at radius 2 is 2.07 bits per heavy atom. The third-order valence-electron chi connectivity index (χ3n) is 4.88. The van der Waals surface area contributed by atoms with Crippen molar-refractivity contribution in [3.8, 4) is 28.3 Å². The summed E-state index contributed by atoms with van der Waals surface area (Å²) in [7, 11) is 3.44. The normalized spacial score (nSPS) is 13.9. The molecule has 4 aromatic heterocycles. The lowest BCUT2D eigenvalue weighted by Crippen LogP contribution is -2.39. The number of nitrogens with zero attached hydrogens (tertiary/aromatic N) is 6. The van der Waals surface area contributed by atoms with Crippen LogP contribution in [0.3, 0.4) is 0 Å². The van der Waals surface area contributed by atoms with Gasteiger partial charge in [-0.1, -0.05) is 0 Å². The van der Waals surface area contributed by atoms with Crippen LogP contribution >= 0.6 is 0 Å². The third kappa shape index (κ3) is 3.16. The first-order chi connectivity index (χ1) is 14.6. The number of hydrogen-bond acceptors (Lipinski definition) is 7. The van der Waals surface area contributed by atoms with Crippen molar-refractivity contribution in [1.82, 2.24) is 34.7 Å². The van der Waals surface area contributed by atoms with Gasteiger partial charge in [-0.25, -0.2) is 9.50 Å². The smallest absolute Gasteiger partial charge is 0.252 e. The Balaban J connectivity index is 1.63. The fourth-order valence-electron chi connectivity index (χ4n) is 3.24. The maximum atomic E-state index is 12.0. The van der Waals surface area contributed by atoms with Gasteiger partial charge in [-0.3, -0.25) is 14.5 Å². The van der Waals surface area contributed by atoms with E-state index in [-0.39, 0.29) is 12.0 Å². The van der Waals surface area contributed by atoms with E-state index in [1.807, 2.05) is 19.3 Å².